The molecule has 0 radical (unpaired) electrons. The Bertz CT molecular complexity index is 372. The molecule has 1 fully saturated rings. The fraction of sp³-hybridized carbons (Fsp3) is 0.538. The molecule has 2 rings (SSSR count). The number of aryl methyl sites for hydroxylation is 1. The van der Waals surface area contributed by atoms with E-state index in [0.29, 0.717) is 12.3 Å². The Hall–Kier alpha value is -1.06. The van der Waals surface area contributed by atoms with Crippen LogP contribution >= 0.6 is 0 Å². The van der Waals surface area contributed by atoms with E-state index in [1.807, 2.05) is 25.1 Å². The van der Waals surface area contributed by atoms with Gasteiger partial charge in [-0.1, -0.05) is 25.1 Å². The molecule has 0 atom stereocenters. The second-order valence-corrected chi connectivity index (χ2v) is 4.99. The van der Waals surface area contributed by atoms with E-state index >= 15 is 0 Å². The van der Waals surface area contributed by atoms with Crippen LogP contribution in [0.4, 0.5) is 0 Å². The molecule has 16 heavy (non-hydrogen) atoms. The highest BCUT2D eigenvalue weighted by molar-refractivity contribution is 5.39. The van der Waals surface area contributed by atoms with E-state index in [0.717, 1.165) is 30.9 Å². The summed E-state index contributed by atoms with van der Waals surface area (Å²) in [6, 6.07) is 5.84. The van der Waals surface area contributed by atoms with E-state index in [-0.39, 0.29) is 5.41 Å². The van der Waals surface area contributed by atoms with Gasteiger partial charge < -0.3 is 15.2 Å². The van der Waals surface area contributed by atoms with Gasteiger partial charge in [0.05, 0.1) is 13.2 Å². The number of phenolic OH excluding ortho intramolecular Hbond substituents is 1. The second-order valence-electron chi connectivity index (χ2n) is 4.99. The Kier molecular flexibility index (Phi) is 3.17. The van der Waals surface area contributed by atoms with Crippen LogP contribution in [0.25, 0.3) is 0 Å². The molecule has 2 N–H and O–H groups in total. The summed E-state index contributed by atoms with van der Waals surface area (Å²) in [6.45, 7) is 7.43. The third-order valence-electron chi connectivity index (χ3n) is 3.09. The zero-order valence-corrected chi connectivity index (χ0v) is 9.92. The van der Waals surface area contributed by atoms with Gasteiger partial charge in [0, 0.05) is 24.1 Å². The van der Waals surface area contributed by atoms with Gasteiger partial charge in [0.1, 0.15) is 5.75 Å². The van der Waals surface area contributed by atoms with Crippen LogP contribution in [0.5, 0.6) is 5.75 Å². The number of nitrogens with one attached hydrogen (secondary N) is 1. The molecule has 0 amide bonds. The van der Waals surface area contributed by atoms with Crippen LogP contribution < -0.4 is 5.32 Å². The molecule has 0 saturated carbocycles. The molecule has 1 aliphatic rings. The summed E-state index contributed by atoms with van der Waals surface area (Å²) in [5.74, 6) is 0.407. The van der Waals surface area contributed by atoms with Crippen LogP contribution in [0.1, 0.15) is 18.1 Å². The molecule has 88 valence electrons. The normalized spacial score (nSPS) is 18.1. The average molecular weight is 221 g/mol. The maximum atomic E-state index is 9.83. The van der Waals surface area contributed by atoms with Gasteiger partial charge in [-0.05, 0) is 12.5 Å². The van der Waals surface area contributed by atoms with Crippen molar-refractivity contribution >= 4 is 0 Å². The molecule has 1 aromatic rings. The van der Waals surface area contributed by atoms with Gasteiger partial charge in [0.15, 0.2) is 0 Å². The summed E-state index contributed by atoms with van der Waals surface area (Å²) < 4.78 is 5.19. The van der Waals surface area contributed by atoms with E-state index in [1.165, 1.54) is 0 Å². The Morgan fingerprint density at radius 2 is 2.19 bits per heavy atom. The lowest BCUT2D eigenvalue weighted by atomic mass is 9.89. The molecular formula is C13H19NO2. The molecule has 0 aliphatic carbocycles. The van der Waals surface area contributed by atoms with Crippen LogP contribution in [0.15, 0.2) is 18.2 Å². The second kappa shape index (κ2) is 4.44. The number of ether oxygens (including phenoxy) is 1. The van der Waals surface area contributed by atoms with Crippen molar-refractivity contribution in [2.45, 2.75) is 20.4 Å². The van der Waals surface area contributed by atoms with Gasteiger partial charge in [-0.15, -0.1) is 0 Å². The van der Waals surface area contributed by atoms with Crippen LogP contribution in [-0.2, 0) is 11.3 Å². The zero-order chi connectivity index (χ0) is 11.6. The number of para-hydroxylation sites is 1. The van der Waals surface area contributed by atoms with E-state index in [4.69, 9.17) is 4.74 Å². The highest BCUT2D eigenvalue weighted by atomic mass is 16.5. The van der Waals surface area contributed by atoms with Crippen molar-refractivity contribution in [1.82, 2.24) is 5.32 Å². The molecule has 1 heterocycles. The monoisotopic (exact) mass is 221 g/mol. The molecule has 0 aromatic heterocycles. The highest BCUT2D eigenvalue weighted by Crippen LogP contribution is 2.26. The number of rotatable bonds is 4. The molecule has 3 nitrogen and oxygen atoms in total. The fourth-order valence-electron chi connectivity index (χ4n) is 1.91. The number of phenols is 1. The van der Waals surface area contributed by atoms with Crippen molar-refractivity contribution in [1.29, 1.82) is 0 Å². The largest absolute Gasteiger partial charge is 0.507 e. The Morgan fingerprint density at radius 3 is 2.81 bits per heavy atom. The van der Waals surface area contributed by atoms with E-state index < -0.39 is 0 Å². The predicted octanol–water partition coefficient (Wildman–Crippen LogP) is 1.83. The van der Waals surface area contributed by atoms with Gasteiger partial charge >= 0.3 is 0 Å². The maximum Gasteiger partial charge on any atom is 0.122 e. The summed E-state index contributed by atoms with van der Waals surface area (Å²) in [4.78, 5) is 0. The summed E-state index contributed by atoms with van der Waals surface area (Å²) >= 11 is 0. The molecule has 1 saturated heterocycles. The minimum absolute atomic E-state index is 0.277. The minimum Gasteiger partial charge on any atom is -0.507 e. The topological polar surface area (TPSA) is 41.5 Å². The Balaban J connectivity index is 1.87. The number of hydrogen-bond donors (Lipinski definition) is 2. The first-order chi connectivity index (χ1) is 7.61. The van der Waals surface area contributed by atoms with Gasteiger partial charge in [0.25, 0.3) is 0 Å². The van der Waals surface area contributed by atoms with Gasteiger partial charge in [-0.25, -0.2) is 0 Å². The number of aromatic hydroxyl groups is 1. The van der Waals surface area contributed by atoms with Crippen molar-refractivity contribution in [2.75, 3.05) is 19.8 Å². The predicted molar refractivity (Wildman–Crippen MR) is 63.5 cm³/mol. The van der Waals surface area contributed by atoms with Crippen molar-refractivity contribution in [2.24, 2.45) is 5.41 Å². The molecule has 1 aromatic carbocycles. The van der Waals surface area contributed by atoms with Crippen molar-refractivity contribution < 1.29 is 9.84 Å². The van der Waals surface area contributed by atoms with Crippen LogP contribution in [0.3, 0.4) is 0 Å². The Labute approximate surface area is 96.4 Å². The third kappa shape index (κ3) is 2.36. The van der Waals surface area contributed by atoms with E-state index in [1.54, 1.807) is 0 Å². The third-order valence-corrected chi connectivity index (χ3v) is 3.09. The summed E-state index contributed by atoms with van der Waals surface area (Å²) in [6.07, 6.45) is 0. The van der Waals surface area contributed by atoms with Crippen LogP contribution in [0.2, 0.25) is 0 Å². The van der Waals surface area contributed by atoms with Crippen LogP contribution in [0, 0.1) is 12.3 Å². The minimum atomic E-state index is 0.277. The molecular weight excluding hydrogens is 202 g/mol. The lowest BCUT2D eigenvalue weighted by Crippen LogP contribution is -2.47. The van der Waals surface area contributed by atoms with Crippen molar-refractivity contribution in [3.05, 3.63) is 29.3 Å². The Morgan fingerprint density at radius 1 is 1.44 bits per heavy atom. The average Bonchev–Trinajstić information content (AvgIpc) is 2.22. The zero-order valence-electron chi connectivity index (χ0n) is 9.92. The first-order valence-electron chi connectivity index (χ1n) is 5.67. The molecule has 1 aliphatic heterocycles. The van der Waals surface area contributed by atoms with Crippen molar-refractivity contribution in [3.63, 3.8) is 0 Å². The molecule has 0 spiro atoms. The maximum absolute atomic E-state index is 9.83. The van der Waals surface area contributed by atoms with Crippen molar-refractivity contribution in [3.8, 4) is 5.75 Å². The fourth-order valence-corrected chi connectivity index (χ4v) is 1.91. The standard InChI is InChI=1S/C13H19NO2/c1-10-4-3-5-11(12(10)15)6-14-7-13(2)8-16-9-13/h3-5,14-15H,6-9H2,1-2H3. The van der Waals surface area contributed by atoms with Gasteiger partial charge in [-0.3, -0.25) is 0 Å². The van der Waals surface area contributed by atoms with Gasteiger partial charge in [-0.2, -0.15) is 0 Å². The van der Waals surface area contributed by atoms with E-state index in [2.05, 4.69) is 12.2 Å². The SMILES string of the molecule is Cc1cccc(CNCC2(C)COC2)c1O. The van der Waals surface area contributed by atoms with Gasteiger partial charge in [0.2, 0.25) is 0 Å². The number of benzene rings is 1. The first kappa shape index (κ1) is 11.4. The first-order valence-corrected chi connectivity index (χ1v) is 5.67. The van der Waals surface area contributed by atoms with E-state index in [9.17, 15) is 5.11 Å². The smallest absolute Gasteiger partial charge is 0.122 e. The van der Waals surface area contributed by atoms with Crippen LogP contribution in [-0.4, -0.2) is 24.9 Å². The number of hydrogen-bond acceptors (Lipinski definition) is 3. The summed E-state index contributed by atoms with van der Waals surface area (Å²) in [7, 11) is 0. The molecule has 3 heteroatoms. The highest BCUT2D eigenvalue weighted by Gasteiger charge is 2.32. The lowest BCUT2D eigenvalue weighted by molar-refractivity contribution is -0.0991. The molecule has 0 bridgehead atoms. The summed E-state index contributed by atoms with van der Waals surface area (Å²) in [5.41, 5.74) is 2.17. The summed E-state index contributed by atoms with van der Waals surface area (Å²) in [5, 5.41) is 13.2. The molecule has 0 unspecified atom stereocenters. The quantitative estimate of drug-likeness (QED) is 0.815. The lowest BCUT2D eigenvalue weighted by Gasteiger charge is -2.38.